The van der Waals surface area contributed by atoms with Crippen LogP contribution in [-0.4, -0.2) is 5.97 Å². The third-order valence-corrected chi connectivity index (χ3v) is 2.76. The molecule has 0 radical (unpaired) electrons. The van der Waals surface area contributed by atoms with Gasteiger partial charge in [-0.05, 0) is 35.8 Å². The van der Waals surface area contributed by atoms with Crippen molar-refractivity contribution in [2.24, 2.45) is 0 Å². The van der Waals surface area contributed by atoms with E-state index in [1.807, 2.05) is 54.6 Å². The SMILES string of the molecule is CCc1ccc(OC(=O)/C=C/c2ccccc2)cc1. The number of esters is 1. The molecule has 0 amide bonds. The number of carbonyl (C=O) groups is 1. The molecule has 0 spiro atoms. The molecule has 0 heterocycles. The zero-order chi connectivity index (χ0) is 13.5. The summed E-state index contributed by atoms with van der Waals surface area (Å²) in [5, 5.41) is 0. The second-order valence-corrected chi connectivity index (χ2v) is 4.16. The predicted octanol–water partition coefficient (Wildman–Crippen LogP) is 3.87. The molecular formula is C17H16O2. The number of hydrogen-bond donors (Lipinski definition) is 0. The summed E-state index contributed by atoms with van der Waals surface area (Å²) >= 11 is 0. The monoisotopic (exact) mass is 252 g/mol. The normalized spacial score (nSPS) is 10.6. The summed E-state index contributed by atoms with van der Waals surface area (Å²) in [5.74, 6) is 0.202. The molecule has 0 saturated carbocycles. The van der Waals surface area contributed by atoms with Crippen LogP contribution in [0.3, 0.4) is 0 Å². The lowest BCUT2D eigenvalue weighted by molar-refractivity contribution is -0.128. The number of rotatable bonds is 4. The number of carbonyl (C=O) groups excluding carboxylic acids is 1. The molecule has 0 aliphatic rings. The highest BCUT2D eigenvalue weighted by atomic mass is 16.5. The van der Waals surface area contributed by atoms with Crippen LogP contribution in [0, 0.1) is 0 Å². The molecule has 0 aliphatic carbocycles. The molecule has 0 aliphatic heterocycles. The standard InChI is InChI=1S/C17H16O2/c1-2-14-8-11-16(12-9-14)19-17(18)13-10-15-6-4-3-5-7-15/h3-13H,2H2,1H3/b13-10+. The molecule has 2 rings (SSSR count). The van der Waals surface area contributed by atoms with Gasteiger partial charge < -0.3 is 4.74 Å². The Morgan fingerprint density at radius 3 is 2.37 bits per heavy atom. The summed E-state index contributed by atoms with van der Waals surface area (Å²) in [7, 11) is 0. The fourth-order valence-electron chi connectivity index (χ4n) is 1.67. The molecule has 2 nitrogen and oxygen atoms in total. The van der Waals surface area contributed by atoms with Crippen molar-refractivity contribution in [2.75, 3.05) is 0 Å². The van der Waals surface area contributed by atoms with Crippen LogP contribution in [0.25, 0.3) is 6.08 Å². The van der Waals surface area contributed by atoms with E-state index in [0.717, 1.165) is 12.0 Å². The molecular weight excluding hydrogens is 236 g/mol. The van der Waals surface area contributed by atoms with Gasteiger partial charge in [0.15, 0.2) is 0 Å². The first-order chi connectivity index (χ1) is 9.28. The van der Waals surface area contributed by atoms with Crippen LogP contribution in [0.2, 0.25) is 0 Å². The second-order valence-electron chi connectivity index (χ2n) is 4.16. The molecule has 0 unspecified atom stereocenters. The van der Waals surface area contributed by atoms with Crippen LogP contribution in [-0.2, 0) is 11.2 Å². The van der Waals surface area contributed by atoms with Crippen molar-refractivity contribution in [2.45, 2.75) is 13.3 Å². The number of aryl methyl sites for hydroxylation is 1. The molecule has 2 heteroatoms. The van der Waals surface area contributed by atoms with Gasteiger partial charge in [0.1, 0.15) is 5.75 Å². The van der Waals surface area contributed by atoms with Crippen LogP contribution in [0.5, 0.6) is 5.75 Å². The Bertz CT molecular complexity index is 554. The van der Waals surface area contributed by atoms with Gasteiger partial charge in [0.25, 0.3) is 0 Å². The maximum absolute atomic E-state index is 11.6. The van der Waals surface area contributed by atoms with E-state index in [0.29, 0.717) is 5.75 Å². The zero-order valence-corrected chi connectivity index (χ0v) is 10.9. The lowest BCUT2D eigenvalue weighted by Gasteiger charge is -2.02. The first kappa shape index (κ1) is 13.1. The highest BCUT2D eigenvalue weighted by molar-refractivity contribution is 5.88. The number of hydrogen-bond acceptors (Lipinski definition) is 2. The first-order valence-corrected chi connectivity index (χ1v) is 6.32. The van der Waals surface area contributed by atoms with E-state index >= 15 is 0 Å². The summed E-state index contributed by atoms with van der Waals surface area (Å²) in [5.41, 5.74) is 2.19. The molecule has 0 bridgehead atoms. The first-order valence-electron chi connectivity index (χ1n) is 6.32. The molecule has 96 valence electrons. The van der Waals surface area contributed by atoms with Crippen molar-refractivity contribution in [3.8, 4) is 5.75 Å². The largest absolute Gasteiger partial charge is 0.423 e. The maximum atomic E-state index is 11.6. The minimum absolute atomic E-state index is 0.367. The van der Waals surface area contributed by atoms with Gasteiger partial charge in [-0.1, -0.05) is 49.4 Å². The summed E-state index contributed by atoms with van der Waals surface area (Å²) < 4.78 is 5.21. The zero-order valence-electron chi connectivity index (χ0n) is 10.9. The Hall–Kier alpha value is -2.35. The highest BCUT2D eigenvalue weighted by Gasteiger charge is 2.00. The van der Waals surface area contributed by atoms with Gasteiger partial charge in [0.2, 0.25) is 0 Å². The van der Waals surface area contributed by atoms with E-state index in [2.05, 4.69) is 6.92 Å². The van der Waals surface area contributed by atoms with Gasteiger partial charge in [0.05, 0.1) is 0 Å². The molecule has 2 aromatic rings. The summed E-state index contributed by atoms with van der Waals surface area (Å²) in [4.78, 5) is 11.6. The molecule has 0 saturated heterocycles. The van der Waals surface area contributed by atoms with E-state index in [4.69, 9.17) is 4.74 Å². The molecule has 0 aromatic heterocycles. The predicted molar refractivity (Wildman–Crippen MR) is 76.9 cm³/mol. The van der Waals surface area contributed by atoms with Crippen molar-refractivity contribution in [3.05, 3.63) is 71.8 Å². The van der Waals surface area contributed by atoms with E-state index in [9.17, 15) is 4.79 Å². The van der Waals surface area contributed by atoms with Gasteiger partial charge >= 0.3 is 5.97 Å². The Kier molecular flexibility index (Phi) is 4.51. The lowest BCUT2D eigenvalue weighted by atomic mass is 10.2. The lowest BCUT2D eigenvalue weighted by Crippen LogP contribution is -2.03. The van der Waals surface area contributed by atoms with Gasteiger partial charge in [0, 0.05) is 6.08 Å². The van der Waals surface area contributed by atoms with Crippen molar-refractivity contribution < 1.29 is 9.53 Å². The fourth-order valence-corrected chi connectivity index (χ4v) is 1.67. The van der Waals surface area contributed by atoms with E-state index in [1.54, 1.807) is 6.08 Å². The second kappa shape index (κ2) is 6.55. The minimum Gasteiger partial charge on any atom is -0.423 e. The van der Waals surface area contributed by atoms with Crippen LogP contribution >= 0.6 is 0 Å². The highest BCUT2D eigenvalue weighted by Crippen LogP contribution is 2.13. The number of benzene rings is 2. The van der Waals surface area contributed by atoms with Crippen molar-refractivity contribution in [1.29, 1.82) is 0 Å². The quantitative estimate of drug-likeness (QED) is 0.469. The average molecular weight is 252 g/mol. The summed E-state index contributed by atoms with van der Waals surface area (Å²) in [6.45, 7) is 2.09. The molecule has 2 aromatic carbocycles. The van der Waals surface area contributed by atoms with Crippen LogP contribution < -0.4 is 4.74 Å². The summed E-state index contributed by atoms with van der Waals surface area (Å²) in [6, 6.07) is 17.2. The smallest absolute Gasteiger partial charge is 0.336 e. The Morgan fingerprint density at radius 2 is 1.74 bits per heavy atom. The van der Waals surface area contributed by atoms with Crippen molar-refractivity contribution in [1.82, 2.24) is 0 Å². The van der Waals surface area contributed by atoms with Crippen LogP contribution in [0.4, 0.5) is 0 Å². The van der Waals surface area contributed by atoms with Crippen LogP contribution in [0.1, 0.15) is 18.1 Å². The van der Waals surface area contributed by atoms with Crippen molar-refractivity contribution >= 4 is 12.0 Å². The van der Waals surface area contributed by atoms with Gasteiger partial charge in [-0.15, -0.1) is 0 Å². The molecule has 0 atom stereocenters. The van der Waals surface area contributed by atoms with E-state index in [1.165, 1.54) is 11.6 Å². The van der Waals surface area contributed by atoms with Crippen molar-refractivity contribution in [3.63, 3.8) is 0 Å². The number of ether oxygens (including phenoxy) is 1. The molecule has 0 N–H and O–H groups in total. The average Bonchev–Trinajstić information content (AvgIpc) is 2.47. The Labute approximate surface area is 113 Å². The fraction of sp³-hybridized carbons (Fsp3) is 0.118. The molecule has 0 fully saturated rings. The Morgan fingerprint density at radius 1 is 1.05 bits per heavy atom. The van der Waals surface area contributed by atoms with Gasteiger partial charge in [-0.25, -0.2) is 4.79 Å². The van der Waals surface area contributed by atoms with E-state index < -0.39 is 0 Å². The third kappa shape index (κ3) is 4.11. The topological polar surface area (TPSA) is 26.3 Å². The summed E-state index contributed by atoms with van der Waals surface area (Å²) in [6.07, 6.45) is 4.15. The van der Waals surface area contributed by atoms with Crippen LogP contribution in [0.15, 0.2) is 60.7 Å². The maximum Gasteiger partial charge on any atom is 0.336 e. The molecule has 19 heavy (non-hydrogen) atoms. The minimum atomic E-state index is -0.367. The van der Waals surface area contributed by atoms with Gasteiger partial charge in [-0.2, -0.15) is 0 Å². The Balaban J connectivity index is 1.95. The van der Waals surface area contributed by atoms with E-state index in [-0.39, 0.29) is 5.97 Å². The van der Waals surface area contributed by atoms with Gasteiger partial charge in [-0.3, -0.25) is 0 Å². The third-order valence-electron chi connectivity index (χ3n) is 2.76.